The summed E-state index contributed by atoms with van der Waals surface area (Å²) in [6.07, 6.45) is 6.59. The maximum absolute atomic E-state index is 13.3. The number of nitrogens with one attached hydrogen (secondary N) is 1. The summed E-state index contributed by atoms with van der Waals surface area (Å²) in [5, 5.41) is 14.2. The zero-order chi connectivity index (χ0) is 17.4. The number of aromatic amines is 1. The van der Waals surface area contributed by atoms with Crippen LogP contribution in [0.15, 0.2) is 18.7 Å². The van der Waals surface area contributed by atoms with Gasteiger partial charge in [0.1, 0.15) is 0 Å². The first-order chi connectivity index (χ1) is 12.1. The summed E-state index contributed by atoms with van der Waals surface area (Å²) in [5.74, 6) is -0.00401. The first-order valence-corrected chi connectivity index (χ1v) is 8.62. The fraction of sp³-hybridized carbons (Fsp3) is 0.588. The summed E-state index contributed by atoms with van der Waals surface area (Å²) >= 11 is 0. The number of aryl methyl sites for hydroxylation is 1. The largest absolute Gasteiger partial charge is 0.395 e. The van der Waals surface area contributed by atoms with Crippen molar-refractivity contribution in [2.75, 3.05) is 26.4 Å². The monoisotopic (exact) mass is 345 g/mol. The third-order valence-electron chi connectivity index (χ3n) is 5.45. The SMILES string of the molecule is Cn1cc(C2CN(C(=O)C3(CO)CCOCC3)Cc3[nH]cnc32)cn1. The van der Waals surface area contributed by atoms with E-state index in [0.717, 1.165) is 17.0 Å². The number of aliphatic hydroxyl groups excluding tert-OH is 1. The van der Waals surface area contributed by atoms with Gasteiger partial charge < -0.3 is 19.7 Å². The average Bonchev–Trinajstić information content (AvgIpc) is 3.29. The normalized spacial score (nSPS) is 22.6. The Morgan fingerprint density at radius 1 is 1.48 bits per heavy atom. The molecule has 4 heterocycles. The molecule has 2 aliphatic rings. The maximum Gasteiger partial charge on any atom is 0.231 e. The summed E-state index contributed by atoms with van der Waals surface area (Å²) in [6.45, 7) is 1.93. The highest BCUT2D eigenvalue weighted by Crippen LogP contribution is 2.37. The molecule has 1 saturated heterocycles. The lowest BCUT2D eigenvalue weighted by Crippen LogP contribution is -2.51. The second-order valence-corrected chi connectivity index (χ2v) is 7.00. The average molecular weight is 345 g/mol. The van der Waals surface area contributed by atoms with Gasteiger partial charge in [-0.15, -0.1) is 0 Å². The van der Waals surface area contributed by atoms with Crippen LogP contribution in [0.25, 0.3) is 0 Å². The van der Waals surface area contributed by atoms with Crippen LogP contribution >= 0.6 is 0 Å². The molecule has 8 nitrogen and oxygen atoms in total. The fourth-order valence-corrected chi connectivity index (χ4v) is 3.90. The van der Waals surface area contributed by atoms with E-state index in [2.05, 4.69) is 15.1 Å². The van der Waals surface area contributed by atoms with E-state index in [0.29, 0.717) is 39.1 Å². The Kier molecular flexibility index (Phi) is 4.09. The van der Waals surface area contributed by atoms with Gasteiger partial charge in [0.05, 0.1) is 42.5 Å². The molecular formula is C17H23N5O3. The number of hydrogen-bond donors (Lipinski definition) is 2. The van der Waals surface area contributed by atoms with Crippen molar-refractivity contribution in [1.29, 1.82) is 0 Å². The van der Waals surface area contributed by atoms with Crippen molar-refractivity contribution < 1.29 is 14.6 Å². The highest BCUT2D eigenvalue weighted by molar-refractivity contribution is 5.83. The minimum Gasteiger partial charge on any atom is -0.395 e. The van der Waals surface area contributed by atoms with Gasteiger partial charge in [0, 0.05) is 44.5 Å². The van der Waals surface area contributed by atoms with Crippen LogP contribution in [-0.4, -0.2) is 62.0 Å². The number of aromatic nitrogens is 4. The molecular weight excluding hydrogens is 322 g/mol. The fourth-order valence-electron chi connectivity index (χ4n) is 3.90. The van der Waals surface area contributed by atoms with E-state index in [-0.39, 0.29) is 18.4 Å². The summed E-state index contributed by atoms with van der Waals surface area (Å²) in [6, 6.07) is 0. The number of rotatable bonds is 3. The molecule has 0 spiro atoms. The van der Waals surface area contributed by atoms with Crippen molar-refractivity contribution in [2.24, 2.45) is 12.5 Å². The number of nitrogens with zero attached hydrogens (tertiary/aromatic N) is 4. The molecule has 8 heteroatoms. The van der Waals surface area contributed by atoms with Crippen LogP contribution in [0.3, 0.4) is 0 Å². The number of fused-ring (bicyclic) bond motifs is 1. The number of ether oxygens (including phenoxy) is 1. The molecule has 2 aromatic rings. The van der Waals surface area contributed by atoms with Gasteiger partial charge in [0.15, 0.2) is 0 Å². The Balaban J connectivity index is 1.64. The molecule has 0 aromatic carbocycles. The zero-order valence-electron chi connectivity index (χ0n) is 14.3. The van der Waals surface area contributed by atoms with Gasteiger partial charge in [-0.25, -0.2) is 4.98 Å². The van der Waals surface area contributed by atoms with Gasteiger partial charge in [0.25, 0.3) is 0 Å². The molecule has 2 aromatic heterocycles. The zero-order valence-corrected chi connectivity index (χ0v) is 14.3. The van der Waals surface area contributed by atoms with Crippen molar-refractivity contribution in [3.05, 3.63) is 35.7 Å². The van der Waals surface area contributed by atoms with Gasteiger partial charge in [0.2, 0.25) is 5.91 Å². The van der Waals surface area contributed by atoms with Gasteiger partial charge in [-0.3, -0.25) is 9.48 Å². The predicted molar refractivity (Wildman–Crippen MR) is 88.6 cm³/mol. The molecule has 0 saturated carbocycles. The van der Waals surface area contributed by atoms with Crippen LogP contribution in [0.1, 0.15) is 35.7 Å². The molecule has 4 rings (SSSR count). The Bertz CT molecular complexity index is 762. The van der Waals surface area contributed by atoms with Gasteiger partial charge in [-0.1, -0.05) is 0 Å². The lowest BCUT2D eigenvalue weighted by molar-refractivity contribution is -0.152. The van der Waals surface area contributed by atoms with Crippen molar-refractivity contribution in [2.45, 2.75) is 25.3 Å². The van der Waals surface area contributed by atoms with E-state index < -0.39 is 5.41 Å². The highest BCUT2D eigenvalue weighted by atomic mass is 16.5. The van der Waals surface area contributed by atoms with Crippen LogP contribution < -0.4 is 0 Å². The Morgan fingerprint density at radius 3 is 2.96 bits per heavy atom. The molecule has 1 atom stereocenters. The summed E-state index contributed by atoms with van der Waals surface area (Å²) in [7, 11) is 1.88. The molecule has 25 heavy (non-hydrogen) atoms. The summed E-state index contributed by atoms with van der Waals surface area (Å²) < 4.78 is 7.15. The van der Waals surface area contributed by atoms with Crippen molar-refractivity contribution in [3.8, 4) is 0 Å². The minimum absolute atomic E-state index is 0.00689. The first kappa shape index (κ1) is 16.3. The number of carbonyl (C=O) groups excluding carboxylic acids is 1. The maximum atomic E-state index is 13.3. The van der Waals surface area contributed by atoms with E-state index in [1.807, 2.05) is 24.3 Å². The third kappa shape index (κ3) is 2.75. The van der Waals surface area contributed by atoms with Crippen LogP contribution in [0, 0.1) is 5.41 Å². The van der Waals surface area contributed by atoms with Gasteiger partial charge >= 0.3 is 0 Å². The Morgan fingerprint density at radius 2 is 2.28 bits per heavy atom. The van der Waals surface area contributed by atoms with E-state index >= 15 is 0 Å². The molecule has 134 valence electrons. The second kappa shape index (κ2) is 6.27. The van der Waals surface area contributed by atoms with E-state index in [1.165, 1.54) is 0 Å². The van der Waals surface area contributed by atoms with E-state index in [1.54, 1.807) is 11.0 Å². The number of aliphatic hydroxyl groups is 1. The molecule has 0 radical (unpaired) electrons. The number of H-pyrrole nitrogens is 1. The predicted octanol–water partition coefficient (Wildman–Crippen LogP) is 0.406. The molecule has 0 bridgehead atoms. The minimum atomic E-state index is -0.727. The standard InChI is InChI=1S/C17H23N5O3/c1-21-7-12(6-20-21)13-8-22(9-14-15(13)19-11-18-14)16(24)17(10-23)2-4-25-5-3-17/h6-7,11,13,23H,2-5,8-10H2,1H3,(H,18,19). The Hall–Kier alpha value is -2.19. The van der Waals surface area contributed by atoms with E-state index in [4.69, 9.17) is 4.74 Å². The first-order valence-electron chi connectivity index (χ1n) is 8.62. The molecule has 2 N–H and O–H groups in total. The highest BCUT2D eigenvalue weighted by Gasteiger charge is 2.44. The van der Waals surface area contributed by atoms with Crippen LogP contribution in [0.4, 0.5) is 0 Å². The third-order valence-corrected chi connectivity index (χ3v) is 5.45. The van der Waals surface area contributed by atoms with Crippen molar-refractivity contribution in [1.82, 2.24) is 24.6 Å². The lowest BCUT2D eigenvalue weighted by Gasteiger charge is -2.41. The molecule has 1 unspecified atom stereocenters. The quantitative estimate of drug-likeness (QED) is 0.840. The number of carbonyl (C=O) groups is 1. The lowest BCUT2D eigenvalue weighted by atomic mass is 9.78. The van der Waals surface area contributed by atoms with Gasteiger partial charge in [-0.05, 0) is 12.8 Å². The van der Waals surface area contributed by atoms with Gasteiger partial charge in [-0.2, -0.15) is 5.10 Å². The van der Waals surface area contributed by atoms with Crippen LogP contribution in [0.5, 0.6) is 0 Å². The number of hydrogen-bond acceptors (Lipinski definition) is 5. The Labute approximate surface area is 145 Å². The topological polar surface area (TPSA) is 96.3 Å². The molecule has 0 aliphatic carbocycles. The van der Waals surface area contributed by atoms with E-state index in [9.17, 15) is 9.90 Å². The summed E-state index contributed by atoms with van der Waals surface area (Å²) in [5.41, 5.74) is 2.24. The summed E-state index contributed by atoms with van der Waals surface area (Å²) in [4.78, 5) is 22.8. The molecule has 1 fully saturated rings. The molecule has 1 amide bonds. The van der Waals surface area contributed by atoms with Crippen molar-refractivity contribution >= 4 is 5.91 Å². The van der Waals surface area contributed by atoms with Crippen LogP contribution in [-0.2, 0) is 23.1 Å². The van der Waals surface area contributed by atoms with Crippen molar-refractivity contribution in [3.63, 3.8) is 0 Å². The molecule has 2 aliphatic heterocycles. The number of amides is 1. The smallest absolute Gasteiger partial charge is 0.231 e. The second-order valence-electron chi connectivity index (χ2n) is 7.00. The number of imidazole rings is 1. The van der Waals surface area contributed by atoms with Crippen LogP contribution in [0.2, 0.25) is 0 Å².